The highest BCUT2D eigenvalue weighted by molar-refractivity contribution is 5.93. The molecule has 8 heteroatoms. The largest absolute Gasteiger partial charge is 0.497 e. The Bertz CT molecular complexity index is 789. The number of hydrogen-bond donors (Lipinski definition) is 1. The number of nitrogens with one attached hydrogen (secondary N) is 1. The van der Waals surface area contributed by atoms with E-state index in [4.69, 9.17) is 19.0 Å². The van der Waals surface area contributed by atoms with Crippen molar-refractivity contribution in [2.24, 2.45) is 5.16 Å². The van der Waals surface area contributed by atoms with Crippen LogP contribution in [0.1, 0.15) is 5.56 Å². The van der Waals surface area contributed by atoms with Gasteiger partial charge in [0, 0.05) is 11.8 Å². The first-order valence-corrected chi connectivity index (χ1v) is 7.99. The summed E-state index contributed by atoms with van der Waals surface area (Å²) in [4.78, 5) is 28.2. The van der Waals surface area contributed by atoms with Crippen LogP contribution < -0.4 is 14.8 Å². The van der Waals surface area contributed by atoms with Gasteiger partial charge < -0.3 is 24.4 Å². The van der Waals surface area contributed by atoms with E-state index in [1.54, 1.807) is 55.6 Å². The first kappa shape index (κ1) is 19.8. The standard InChI is InChI=1S/C19H20N2O6/c1-24-16-8-6-14(7-9-16)11-20-27-13-19(23)26-12-18(22)21-15-4-3-5-17(10-15)25-2/h3-11H,12-13H2,1-2H3,(H,21,22)/b20-11+. The molecular weight excluding hydrogens is 352 g/mol. The van der Waals surface area contributed by atoms with Crippen molar-refractivity contribution < 1.29 is 28.6 Å². The molecule has 0 radical (unpaired) electrons. The molecule has 8 nitrogen and oxygen atoms in total. The highest BCUT2D eigenvalue weighted by Crippen LogP contribution is 2.16. The van der Waals surface area contributed by atoms with E-state index < -0.39 is 25.1 Å². The van der Waals surface area contributed by atoms with Crippen molar-refractivity contribution in [3.63, 3.8) is 0 Å². The van der Waals surface area contributed by atoms with Crippen LogP contribution in [0, 0.1) is 0 Å². The van der Waals surface area contributed by atoms with Crippen molar-refractivity contribution in [1.29, 1.82) is 0 Å². The summed E-state index contributed by atoms with van der Waals surface area (Å²) in [5.41, 5.74) is 1.32. The Hall–Kier alpha value is -3.55. The summed E-state index contributed by atoms with van der Waals surface area (Å²) in [5, 5.41) is 6.26. The molecule has 0 bridgehead atoms. The van der Waals surface area contributed by atoms with Crippen LogP contribution in [0.25, 0.3) is 0 Å². The third-order valence-electron chi connectivity index (χ3n) is 3.29. The molecule has 0 aliphatic heterocycles. The fourth-order valence-corrected chi connectivity index (χ4v) is 1.96. The van der Waals surface area contributed by atoms with E-state index in [9.17, 15) is 9.59 Å². The first-order valence-electron chi connectivity index (χ1n) is 7.99. The number of hydrogen-bond acceptors (Lipinski definition) is 7. The van der Waals surface area contributed by atoms with E-state index in [0.717, 1.165) is 11.3 Å². The number of carbonyl (C=O) groups is 2. The summed E-state index contributed by atoms with van der Waals surface area (Å²) in [6.45, 7) is -0.833. The van der Waals surface area contributed by atoms with Gasteiger partial charge in [0.05, 0.1) is 20.4 Å². The Morgan fingerprint density at radius 1 is 1.00 bits per heavy atom. The average Bonchev–Trinajstić information content (AvgIpc) is 2.70. The Labute approximate surface area is 156 Å². The van der Waals surface area contributed by atoms with Gasteiger partial charge in [-0.1, -0.05) is 11.2 Å². The number of nitrogens with zero attached hydrogens (tertiary/aromatic N) is 1. The normalized spacial score (nSPS) is 10.3. The summed E-state index contributed by atoms with van der Waals surface area (Å²) >= 11 is 0. The molecule has 0 spiro atoms. The number of methoxy groups -OCH3 is 2. The van der Waals surface area contributed by atoms with Gasteiger partial charge in [-0.3, -0.25) is 4.79 Å². The molecule has 27 heavy (non-hydrogen) atoms. The molecule has 0 unspecified atom stereocenters. The Kier molecular flexibility index (Phi) is 7.65. The zero-order valence-corrected chi connectivity index (χ0v) is 15.0. The van der Waals surface area contributed by atoms with Gasteiger partial charge in [-0.25, -0.2) is 4.79 Å². The second-order valence-electron chi connectivity index (χ2n) is 5.22. The minimum Gasteiger partial charge on any atom is -0.497 e. The number of amides is 1. The van der Waals surface area contributed by atoms with Crippen LogP contribution in [-0.2, 0) is 19.2 Å². The zero-order chi connectivity index (χ0) is 19.5. The lowest BCUT2D eigenvalue weighted by Gasteiger charge is -2.07. The fourth-order valence-electron chi connectivity index (χ4n) is 1.96. The smallest absolute Gasteiger partial charge is 0.347 e. The van der Waals surface area contributed by atoms with Crippen molar-refractivity contribution in [2.45, 2.75) is 0 Å². The zero-order valence-electron chi connectivity index (χ0n) is 15.0. The summed E-state index contributed by atoms with van der Waals surface area (Å²) in [5.74, 6) is 0.151. The molecule has 142 valence electrons. The summed E-state index contributed by atoms with van der Waals surface area (Å²) in [6, 6.07) is 13.9. The highest BCUT2D eigenvalue weighted by atomic mass is 16.7. The quantitative estimate of drug-likeness (QED) is 0.412. The van der Waals surface area contributed by atoms with Gasteiger partial charge in [-0.15, -0.1) is 0 Å². The number of rotatable bonds is 9. The fraction of sp³-hybridized carbons (Fsp3) is 0.211. The third kappa shape index (κ3) is 7.07. The number of ether oxygens (including phenoxy) is 3. The summed E-state index contributed by atoms with van der Waals surface area (Å²) in [6.07, 6.45) is 1.45. The van der Waals surface area contributed by atoms with Crippen LogP contribution >= 0.6 is 0 Å². The van der Waals surface area contributed by atoms with Gasteiger partial charge in [-0.2, -0.15) is 0 Å². The maximum atomic E-state index is 11.8. The number of oxime groups is 1. The molecule has 0 aliphatic rings. The van der Waals surface area contributed by atoms with Gasteiger partial charge in [0.2, 0.25) is 6.61 Å². The molecule has 1 N–H and O–H groups in total. The van der Waals surface area contributed by atoms with Crippen molar-refractivity contribution in [3.8, 4) is 11.5 Å². The maximum Gasteiger partial charge on any atom is 0.347 e. The first-order chi connectivity index (χ1) is 13.1. The monoisotopic (exact) mass is 372 g/mol. The molecule has 0 saturated carbocycles. The third-order valence-corrected chi connectivity index (χ3v) is 3.29. The minimum atomic E-state index is -0.706. The maximum absolute atomic E-state index is 11.8. The molecule has 2 aromatic rings. The number of carbonyl (C=O) groups excluding carboxylic acids is 2. The predicted molar refractivity (Wildman–Crippen MR) is 99.1 cm³/mol. The van der Waals surface area contributed by atoms with Crippen LogP contribution in [0.15, 0.2) is 53.7 Å². The van der Waals surface area contributed by atoms with Gasteiger partial charge in [-0.05, 0) is 42.0 Å². The number of anilines is 1. The summed E-state index contributed by atoms with van der Waals surface area (Å²) in [7, 11) is 3.11. The van der Waals surface area contributed by atoms with E-state index in [2.05, 4.69) is 10.5 Å². The van der Waals surface area contributed by atoms with Gasteiger partial charge in [0.15, 0.2) is 6.61 Å². The molecule has 0 heterocycles. The molecule has 0 saturated heterocycles. The molecule has 0 aromatic heterocycles. The second-order valence-corrected chi connectivity index (χ2v) is 5.22. The van der Waals surface area contributed by atoms with Crippen molar-refractivity contribution in [1.82, 2.24) is 0 Å². The molecule has 1 amide bonds. The minimum absolute atomic E-state index is 0.404. The molecule has 0 aliphatic carbocycles. The van der Waals surface area contributed by atoms with Gasteiger partial charge in [0.25, 0.3) is 5.91 Å². The van der Waals surface area contributed by atoms with Crippen LogP contribution in [0.2, 0.25) is 0 Å². The van der Waals surface area contributed by atoms with Crippen LogP contribution in [0.4, 0.5) is 5.69 Å². The average molecular weight is 372 g/mol. The van der Waals surface area contributed by atoms with Crippen LogP contribution in [0.5, 0.6) is 11.5 Å². The topological polar surface area (TPSA) is 95.5 Å². The van der Waals surface area contributed by atoms with Crippen molar-refractivity contribution in [2.75, 3.05) is 32.8 Å². The Morgan fingerprint density at radius 3 is 2.44 bits per heavy atom. The van der Waals surface area contributed by atoms with E-state index in [0.29, 0.717) is 11.4 Å². The lowest BCUT2D eigenvalue weighted by atomic mass is 10.2. The summed E-state index contributed by atoms with van der Waals surface area (Å²) < 4.78 is 14.9. The molecule has 0 atom stereocenters. The molecule has 2 rings (SSSR count). The number of esters is 1. The Balaban J connectivity index is 1.67. The Morgan fingerprint density at radius 2 is 1.74 bits per heavy atom. The van der Waals surface area contributed by atoms with E-state index >= 15 is 0 Å². The van der Waals surface area contributed by atoms with E-state index in [1.165, 1.54) is 13.3 Å². The van der Waals surface area contributed by atoms with Gasteiger partial charge in [0.1, 0.15) is 11.5 Å². The number of benzene rings is 2. The van der Waals surface area contributed by atoms with E-state index in [1.807, 2.05) is 0 Å². The molecule has 0 fully saturated rings. The lowest BCUT2D eigenvalue weighted by molar-refractivity contribution is -0.151. The van der Waals surface area contributed by atoms with Crippen LogP contribution in [0.3, 0.4) is 0 Å². The predicted octanol–water partition coefficient (Wildman–Crippen LogP) is 2.24. The molecular formula is C19H20N2O6. The highest BCUT2D eigenvalue weighted by Gasteiger charge is 2.08. The SMILES string of the molecule is COc1ccc(/C=N/OCC(=O)OCC(=O)Nc2cccc(OC)c2)cc1. The second kappa shape index (κ2) is 10.4. The molecule has 2 aromatic carbocycles. The van der Waals surface area contributed by atoms with Crippen molar-refractivity contribution >= 4 is 23.8 Å². The van der Waals surface area contributed by atoms with E-state index in [-0.39, 0.29) is 0 Å². The van der Waals surface area contributed by atoms with Crippen LogP contribution in [-0.4, -0.2) is 45.5 Å². The van der Waals surface area contributed by atoms with Gasteiger partial charge >= 0.3 is 5.97 Å². The van der Waals surface area contributed by atoms with Crippen molar-refractivity contribution in [3.05, 3.63) is 54.1 Å². The lowest BCUT2D eigenvalue weighted by Crippen LogP contribution is -2.22.